The first-order valence-electron chi connectivity index (χ1n) is 6.31. The van der Waals surface area contributed by atoms with E-state index >= 15 is 0 Å². The molecule has 104 valence electrons. The number of nitrogens with zero attached hydrogens (tertiary/aromatic N) is 1. The summed E-state index contributed by atoms with van der Waals surface area (Å²) in [6.07, 6.45) is 5.16. The van der Waals surface area contributed by atoms with Gasteiger partial charge in [0.1, 0.15) is 11.3 Å². The fraction of sp³-hybridized carbons (Fsp3) is 0.200. The molecule has 0 saturated heterocycles. The first-order valence-corrected chi connectivity index (χ1v) is 6.31. The maximum Gasteiger partial charge on any atom is 0.339 e. The molecule has 5 nitrogen and oxygen atoms in total. The highest BCUT2D eigenvalue weighted by Gasteiger charge is 2.11. The molecule has 0 amide bonds. The third-order valence-electron chi connectivity index (χ3n) is 2.85. The second-order valence-electron chi connectivity index (χ2n) is 4.37. The number of aromatic carboxylic acids is 1. The molecule has 0 bridgehead atoms. The van der Waals surface area contributed by atoms with Gasteiger partial charge >= 0.3 is 5.97 Å². The van der Waals surface area contributed by atoms with E-state index in [9.17, 15) is 4.79 Å². The number of nitrogen functional groups attached to an aromatic ring is 1. The minimum atomic E-state index is -1.04. The van der Waals surface area contributed by atoms with Gasteiger partial charge in [-0.1, -0.05) is 0 Å². The molecule has 1 heterocycles. The number of hydrogen-bond acceptors (Lipinski definition) is 4. The van der Waals surface area contributed by atoms with Crippen LogP contribution in [0.4, 0.5) is 5.69 Å². The van der Waals surface area contributed by atoms with E-state index in [4.69, 9.17) is 15.6 Å². The maximum atomic E-state index is 11.1. The average molecular weight is 272 g/mol. The van der Waals surface area contributed by atoms with Crippen LogP contribution in [0.25, 0.3) is 0 Å². The number of carboxylic acids is 1. The van der Waals surface area contributed by atoms with Gasteiger partial charge in [0.2, 0.25) is 0 Å². The molecule has 0 aliphatic heterocycles. The number of hydrogen-bond donors (Lipinski definition) is 2. The summed E-state index contributed by atoms with van der Waals surface area (Å²) >= 11 is 0. The molecule has 5 heteroatoms. The molecule has 1 aromatic heterocycles. The summed E-state index contributed by atoms with van der Waals surface area (Å²) < 4.78 is 5.52. The summed E-state index contributed by atoms with van der Waals surface area (Å²) in [5.74, 6) is -0.692. The summed E-state index contributed by atoms with van der Waals surface area (Å²) in [5, 5.41) is 9.08. The van der Waals surface area contributed by atoms with Crippen LogP contribution in [0.2, 0.25) is 0 Å². The summed E-state index contributed by atoms with van der Waals surface area (Å²) in [4.78, 5) is 15.0. The van der Waals surface area contributed by atoms with Crippen LogP contribution >= 0.6 is 0 Å². The third-order valence-corrected chi connectivity index (χ3v) is 2.85. The van der Waals surface area contributed by atoms with E-state index in [0.717, 1.165) is 12.8 Å². The molecule has 0 aliphatic carbocycles. The van der Waals surface area contributed by atoms with Crippen LogP contribution in [0.1, 0.15) is 22.3 Å². The molecule has 1 aromatic carbocycles. The molecule has 20 heavy (non-hydrogen) atoms. The highest BCUT2D eigenvalue weighted by atomic mass is 16.5. The zero-order chi connectivity index (χ0) is 14.4. The number of ether oxygens (including phenoxy) is 1. The van der Waals surface area contributed by atoms with Crippen molar-refractivity contribution in [2.75, 3.05) is 12.3 Å². The number of benzene rings is 1. The molecular weight excluding hydrogens is 256 g/mol. The molecule has 0 saturated carbocycles. The number of carboxylic acid groups (broad SMARTS) is 1. The zero-order valence-electron chi connectivity index (χ0n) is 11.0. The van der Waals surface area contributed by atoms with Crippen molar-refractivity contribution in [1.82, 2.24) is 4.98 Å². The quantitative estimate of drug-likeness (QED) is 0.623. The Morgan fingerprint density at radius 2 is 2.00 bits per heavy atom. The van der Waals surface area contributed by atoms with E-state index in [0.29, 0.717) is 18.0 Å². The lowest BCUT2D eigenvalue weighted by Crippen LogP contribution is -2.06. The Morgan fingerprint density at radius 1 is 1.25 bits per heavy atom. The van der Waals surface area contributed by atoms with E-state index < -0.39 is 5.97 Å². The smallest absolute Gasteiger partial charge is 0.339 e. The molecule has 0 atom stereocenters. The Hall–Kier alpha value is -2.56. The molecule has 0 fully saturated rings. The van der Waals surface area contributed by atoms with Crippen molar-refractivity contribution in [1.29, 1.82) is 0 Å². The standard InChI is InChI=1S/C15H16N2O3/c16-12-3-4-14(13(10-12)15(18)19)20-9-1-2-11-5-7-17-8-6-11/h3-8,10H,1-2,9,16H2,(H,18,19). The van der Waals surface area contributed by atoms with Crippen LogP contribution in [0, 0.1) is 0 Å². The zero-order valence-corrected chi connectivity index (χ0v) is 11.0. The van der Waals surface area contributed by atoms with Crippen molar-refractivity contribution < 1.29 is 14.6 Å². The van der Waals surface area contributed by atoms with Crippen LogP contribution < -0.4 is 10.5 Å². The summed E-state index contributed by atoms with van der Waals surface area (Å²) in [6.45, 7) is 0.451. The minimum absolute atomic E-state index is 0.0916. The number of anilines is 1. The maximum absolute atomic E-state index is 11.1. The van der Waals surface area contributed by atoms with Gasteiger partial charge in [0.05, 0.1) is 6.61 Å². The topological polar surface area (TPSA) is 85.4 Å². The highest BCUT2D eigenvalue weighted by Crippen LogP contribution is 2.21. The van der Waals surface area contributed by atoms with Crippen LogP contribution in [-0.2, 0) is 6.42 Å². The van der Waals surface area contributed by atoms with Crippen molar-refractivity contribution in [2.24, 2.45) is 0 Å². The number of aromatic nitrogens is 1. The summed E-state index contributed by atoms with van der Waals surface area (Å²) in [7, 11) is 0. The predicted molar refractivity (Wildman–Crippen MR) is 75.9 cm³/mol. The number of pyridine rings is 1. The molecule has 0 aliphatic rings. The molecule has 0 spiro atoms. The van der Waals surface area contributed by atoms with Crippen molar-refractivity contribution >= 4 is 11.7 Å². The van der Waals surface area contributed by atoms with Gasteiger partial charge in [0.15, 0.2) is 0 Å². The Morgan fingerprint density at radius 3 is 2.70 bits per heavy atom. The molecule has 2 rings (SSSR count). The minimum Gasteiger partial charge on any atom is -0.493 e. The van der Waals surface area contributed by atoms with Crippen LogP contribution in [0.15, 0.2) is 42.7 Å². The molecule has 0 unspecified atom stereocenters. The SMILES string of the molecule is Nc1ccc(OCCCc2ccncc2)c(C(=O)O)c1. The van der Waals surface area contributed by atoms with Gasteiger partial charge in [0, 0.05) is 18.1 Å². The fourth-order valence-electron chi connectivity index (χ4n) is 1.85. The van der Waals surface area contributed by atoms with E-state index in [2.05, 4.69) is 4.98 Å². The van der Waals surface area contributed by atoms with Crippen molar-refractivity contribution in [3.05, 3.63) is 53.9 Å². The third kappa shape index (κ3) is 3.71. The molecule has 3 N–H and O–H groups in total. The highest BCUT2D eigenvalue weighted by molar-refractivity contribution is 5.92. The molecule has 2 aromatic rings. The van der Waals surface area contributed by atoms with Gasteiger partial charge in [-0.05, 0) is 48.7 Å². The van der Waals surface area contributed by atoms with Gasteiger partial charge in [0.25, 0.3) is 0 Å². The lowest BCUT2D eigenvalue weighted by atomic mass is 10.1. The molecular formula is C15H16N2O3. The first-order chi connectivity index (χ1) is 9.66. The van der Waals surface area contributed by atoms with E-state index in [1.165, 1.54) is 11.6 Å². The normalized spacial score (nSPS) is 10.2. The van der Waals surface area contributed by atoms with Crippen molar-refractivity contribution in [2.45, 2.75) is 12.8 Å². The lowest BCUT2D eigenvalue weighted by Gasteiger charge is -2.09. The van der Waals surface area contributed by atoms with Gasteiger partial charge in [-0.3, -0.25) is 4.98 Å². The Balaban J connectivity index is 1.90. The second-order valence-corrected chi connectivity index (χ2v) is 4.37. The fourth-order valence-corrected chi connectivity index (χ4v) is 1.85. The van der Waals surface area contributed by atoms with E-state index in [1.807, 2.05) is 12.1 Å². The summed E-state index contributed by atoms with van der Waals surface area (Å²) in [5.41, 5.74) is 7.25. The Labute approximate surface area is 117 Å². The molecule has 0 radical (unpaired) electrons. The van der Waals surface area contributed by atoms with Gasteiger partial charge < -0.3 is 15.6 Å². The van der Waals surface area contributed by atoms with E-state index in [-0.39, 0.29) is 5.56 Å². The monoisotopic (exact) mass is 272 g/mol. The van der Waals surface area contributed by atoms with Gasteiger partial charge in [-0.2, -0.15) is 0 Å². The Kier molecular flexibility index (Phi) is 4.55. The number of carbonyl (C=O) groups is 1. The lowest BCUT2D eigenvalue weighted by molar-refractivity contribution is 0.0692. The summed E-state index contributed by atoms with van der Waals surface area (Å²) in [6, 6.07) is 8.52. The average Bonchev–Trinajstić information content (AvgIpc) is 2.45. The van der Waals surface area contributed by atoms with Crippen LogP contribution in [0.3, 0.4) is 0 Å². The number of aryl methyl sites for hydroxylation is 1. The predicted octanol–water partition coefficient (Wildman–Crippen LogP) is 2.37. The van der Waals surface area contributed by atoms with Crippen molar-refractivity contribution in [3.8, 4) is 5.75 Å². The van der Waals surface area contributed by atoms with Gasteiger partial charge in [-0.15, -0.1) is 0 Å². The van der Waals surface area contributed by atoms with Crippen LogP contribution in [-0.4, -0.2) is 22.7 Å². The Bertz CT molecular complexity index is 585. The number of rotatable bonds is 6. The first kappa shape index (κ1) is 13.9. The van der Waals surface area contributed by atoms with E-state index in [1.54, 1.807) is 24.5 Å². The van der Waals surface area contributed by atoms with Gasteiger partial charge in [-0.25, -0.2) is 4.79 Å². The largest absolute Gasteiger partial charge is 0.493 e. The second kappa shape index (κ2) is 6.56. The number of nitrogens with two attached hydrogens (primary N) is 1. The van der Waals surface area contributed by atoms with Crippen LogP contribution in [0.5, 0.6) is 5.75 Å². The van der Waals surface area contributed by atoms with Crippen molar-refractivity contribution in [3.63, 3.8) is 0 Å².